The van der Waals surface area contributed by atoms with Crippen LogP contribution in [0.25, 0.3) is 0 Å². The second-order valence-corrected chi connectivity index (χ2v) is 4.62. The summed E-state index contributed by atoms with van der Waals surface area (Å²) in [5, 5.41) is 10.2. The normalized spacial score (nSPS) is 13.2. The Morgan fingerprint density at radius 1 is 0.900 bits per heavy atom. The number of hydrogen-bond donors (Lipinski definition) is 1. The standard InChI is InChI=1S/C16H15F3O/c1-2-11-3-5-12(6-4-11)15(20)13-7-9-14(10-8-13)16(17,18)19/h3-10,15,20H,2H2,1H3. The Hall–Kier alpha value is -1.81. The maximum Gasteiger partial charge on any atom is 0.416 e. The van der Waals surface area contributed by atoms with Crippen molar-refractivity contribution in [1.82, 2.24) is 0 Å². The van der Waals surface area contributed by atoms with Gasteiger partial charge < -0.3 is 5.11 Å². The lowest BCUT2D eigenvalue weighted by Gasteiger charge is -2.13. The fourth-order valence-electron chi connectivity index (χ4n) is 1.98. The minimum absolute atomic E-state index is 0.447. The van der Waals surface area contributed by atoms with Crippen LogP contribution in [-0.2, 0) is 12.6 Å². The number of aliphatic hydroxyl groups is 1. The maximum absolute atomic E-state index is 12.5. The first-order chi connectivity index (χ1) is 9.41. The molecule has 0 aliphatic rings. The minimum Gasteiger partial charge on any atom is -0.384 e. The minimum atomic E-state index is -4.35. The second-order valence-electron chi connectivity index (χ2n) is 4.62. The Morgan fingerprint density at radius 2 is 1.35 bits per heavy atom. The predicted molar refractivity (Wildman–Crippen MR) is 71.3 cm³/mol. The number of halogens is 3. The highest BCUT2D eigenvalue weighted by Crippen LogP contribution is 2.31. The highest BCUT2D eigenvalue weighted by atomic mass is 19.4. The lowest BCUT2D eigenvalue weighted by Crippen LogP contribution is -2.06. The lowest BCUT2D eigenvalue weighted by atomic mass is 9.99. The van der Waals surface area contributed by atoms with Crippen molar-refractivity contribution >= 4 is 0 Å². The molecule has 0 amide bonds. The third-order valence-electron chi connectivity index (χ3n) is 3.26. The SMILES string of the molecule is CCc1ccc(C(O)c2ccc(C(F)(F)F)cc2)cc1. The van der Waals surface area contributed by atoms with Crippen molar-refractivity contribution < 1.29 is 18.3 Å². The number of aryl methyl sites for hydroxylation is 1. The van der Waals surface area contributed by atoms with Crippen LogP contribution in [0.3, 0.4) is 0 Å². The van der Waals surface area contributed by atoms with Gasteiger partial charge in [0.25, 0.3) is 0 Å². The van der Waals surface area contributed by atoms with Crippen molar-refractivity contribution in [3.63, 3.8) is 0 Å². The summed E-state index contributed by atoms with van der Waals surface area (Å²) in [5.74, 6) is 0. The van der Waals surface area contributed by atoms with Crippen molar-refractivity contribution in [3.05, 3.63) is 70.8 Å². The van der Waals surface area contributed by atoms with Crippen LogP contribution in [0.4, 0.5) is 13.2 Å². The smallest absolute Gasteiger partial charge is 0.384 e. The molecule has 0 saturated carbocycles. The molecule has 0 spiro atoms. The number of aliphatic hydroxyl groups excluding tert-OH is 1. The molecule has 0 bridgehead atoms. The summed E-state index contributed by atoms with van der Waals surface area (Å²) < 4.78 is 37.4. The van der Waals surface area contributed by atoms with E-state index in [0.717, 1.165) is 24.1 Å². The van der Waals surface area contributed by atoms with Crippen LogP contribution in [-0.4, -0.2) is 5.11 Å². The first kappa shape index (κ1) is 14.6. The third kappa shape index (κ3) is 3.20. The highest BCUT2D eigenvalue weighted by molar-refractivity contribution is 5.34. The molecule has 4 heteroatoms. The zero-order valence-corrected chi connectivity index (χ0v) is 11.0. The van der Waals surface area contributed by atoms with Crippen LogP contribution in [0, 0.1) is 0 Å². The van der Waals surface area contributed by atoms with E-state index in [1.165, 1.54) is 12.1 Å². The van der Waals surface area contributed by atoms with E-state index in [9.17, 15) is 18.3 Å². The molecule has 2 aromatic rings. The lowest BCUT2D eigenvalue weighted by molar-refractivity contribution is -0.137. The van der Waals surface area contributed by atoms with Gasteiger partial charge in [0.05, 0.1) is 5.56 Å². The van der Waals surface area contributed by atoms with E-state index in [2.05, 4.69) is 0 Å². The van der Waals surface area contributed by atoms with Crippen molar-refractivity contribution in [2.45, 2.75) is 25.6 Å². The molecule has 20 heavy (non-hydrogen) atoms. The molecule has 1 unspecified atom stereocenters. The molecule has 0 aliphatic carbocycles. The summed E-state index contributed by atoms with van der Waals surface area (Å²) in [6.45, 7) is 2.03. The van der Waals surface area contributed by atoms with E-state index in [1.807, 2.05) is 19.1 Å². The molecule has 106 valence electrons. The molecule has 1 nitrogen and oxygen atoms in total. The molecule has 0 radical (unpaired) electrons. The molecule has 0 aromatic heterocycles. The zero-order valence-electron chi connectivity index (χ0n) is 11.0. The Labute approximate surface area is 115 Å². The van der Waals surface area contributed by atoms with E-state index in [0.29, 0.717) is 11.1 Å². The van der Waals surface area contributed by atoms with Crippen LogP contribution in [0.1, 0.15) is 35.3 Å². The first-order valence-corrected chi connectivity index (χ1v) is 6.36. The number of hydrogen-bond acceptors (Lipinski definition) is 1. The third-order valence-corrected chi connectivity index (χ3v) is 3.26. The van der Waals surface area contributed by atoms with Gasteiger partial charge in [0.2, 0.25) is 0 Å². The fraction of sp³-hybridized carbons (Fsp3) is 0.250. The van der Waals surface area contributed by atoms with E-state index >= 15 is 0 Å². The van der Waals surface area contributed by atoms with Crippen LogP contribution in [0.5, 0.6) is 0 Å². The van der Waals surface area contributed by atoms with Gasteiger partial charge in [0.15, 0.2) is 0 Å². The average molecular weight is 280 g/mol. The molecule has 0 heterocycles. The molecule has 2 aromatic carbocycles. The Balaban J connectivity index is 2.22. The number of benzene rings is 2. The Bertz CT molecular complexity index is 556. The molecular formula is C16H15F3O. The van der Waals surface area contributed by atoms with Crippen molar-refractivity contribution in [2.75, 3.05) is 0 Å². The molecule has 2 rings (SSSR count). The molecule has 0 aliphatic heterocycles. The molecule has 0 fully saturated rings. The highest BCUT2D eigenvalue weighted by Gasteiger charge is 2.30. The van der Waals surface area contributed by atoms with E-state index in [4.69, 9.17) is 0 Å². The first-order valence-electron chi connectivity index (χ1n) is 6.36. The van der Waals surface area contributed by atoms with E-state index < -0.39 is 17.8 Å². The monoisotopic (exact) mass is 280 g/mol. The quantitative estimate of drug-likeness (QED) is 0.886. The topological polar surface area (TPSA) is 20.2 Å². The molecule has 1 atom stereocenters. The Kier molecular flexibility index (Phi) is 4.14. The van der Waals surface area contributed by atoms with Gasteiger partial charge in [-0.1, -0.05) is 43.3 Å². The van der Waals surface area contributed by atoms with Crippen molar-refractivity contribution in [1.29, 1.82) is 0 Å². The van der Waals surface area contributed by atoms with Gasteiger partial charge in [-0.2, -0.15) is 13.2 Å². The van der Waals surface area contributed by atoms with Gasteiger partial charge in [-0.15, -0.1) is 0 Å². The molecular weight excluding hydrogens is 265 g/mol. The van der Waals surface area contributed by atoms with Crippen LogP contribution < -0.4 is 0 Å². The largest absolute Gasteiger partial charge is 0.416 e. The summed E-state index contributed by atoms with van der Waals surface area (Å²) in [6.07, 6.45) is -4.37. The predicted octanol–water partition coefficient (Wildman–Crippen LogP) is 4.35. The van der Waals surface area contributed by atoms with Crippen LogP contribution in [0.2, 0.25) is 0 Å². The molecule has 0 saturated heterocycles. The van der Waals surface area contributed by atoms with Gasteiger partial charge in [-0.25, -0.2) is 0 Å². The zero-order chi connectivity index (χ0) is 14.8. The van der Waals surface area contributed by atoms with Crippen LogP contribution >= 0.6 is 0 Å². The van der Waals surface area contributed by atoms with E-state index in [1.54, 1.807) is 12.1 Å². The second kappa shape index (κ2) is 5.67. The fourth-order valence-corrected chi connectivity index (χ4v) is 1.98. The summed E-state index contributed by atoms with van der Waals surface area (Å²) in [4.78, 5) is 0. The summed E-state index contributed by atoms with van der Waals surface area (Å²) in [6, 6.07) is 12.0. The summed E-state index contributed by atoms with van der Waals surface area (Å²) in [5.41, 5.74) is 1.55. The summed E-state index contributed by atoms with van der Waals surface area (Å²) in [7, 11) is 0. The number of rotatable bonds is 3. The van der Waals surface area contributed by atoms with E-state index in [-0.39, 0.29) is 0 Å². The maximum atomic E-state index is 12.5. The van der Waals surface area contributed by atoms with Gasteiger partial charge >= 0.3 is 6.18 Å². The van der Waals surface area contributed by atoms with Gasteiger partial charge in [-0.05, 0) is 35.2 Å². The van der Waals surface area contributed by atoms with Crippen LogP contribution in [0.15, 0.2) is 48.5 Å². The molecule has 1 N–H and O–H groups in total. The van der Waals surface area contributed by atoms with Gasteiger partial charge in [0.1, 0.15) is 6.10 Å². The van der Waals surface area contributed by atoms with Crippen molar-refractivity contribution in [2.24, 2.45) is 0 Å². The summed E-state index contributed by atoms with van der Waals surface area (Å²) >= 11 is 0. The van der Waals surface area contributed by atoms with Gasteiger partial charge in [-0.3, -0.25) is 0 Å². The van der Waals surface area contributed by atoms with Crippen molar-refractivity contribution in [3.8, 4) is 0 Å². The average Bonchev–Trinajstić information content (AvgIpc) is 2.46. The number of alkyl halides is 3. The van der Waals surface area contributed by atoms with Gasteiger partial charge in [0, 0.05) is 0 Å². The Morgan fingerprint density at radius 3 is 1.75 bits per heavy atom.